The van der Waals surface area contributed by atoms with Crippen molar-refractivity contribution in [3.05, 3.63) is 87.2 Å². The monoisotopic (exact) mass is 504 g/mol. The van der Waals surface area contributed by atoms with Gasteiger partial charge in [0.15, 0.2) is 5.82 Å². The summed E-state index contributed by atoms with van der Waals surface area (Å²) in [7, 11) is 0. The van der Waals surface area contributed by atoms with E-state index in [1.54, 1.807) is 23.7 Å². The molecule has 0 unspecified atom stereocenters. The van der Waals surface area contributed by atoms with Crippen LogP contribution in [0.4, 0.5) is 4.39 Å². The standard InChI is InChI=1S/C27H29FN6O3/c1-3-37-27(36)19-11-13-33(14-12-19)24(22-15-20-6-4-5-17(2)23(20)29-26(22)35)25-30-31-32-34(25)16-18-7-9-21(28)10-8-18/h4-10,15,19,24H,3,11-14,16H2,1-2H3,(H,29,35)/t24-/m1/s1. The molecule has 0 saturated carbocycles. The maximum atomic E-state index is 13.5. The van der Waals surface area contributed by atoms with Crippen LogP contribution >= 0.6 is 0 Å². The van der Waals surface area contributed by atoms with Crippen molar-refractivity contribution >= 4 is 16.9 Å². The van der Waals surface area contributed by atoms with E-state index in [9.17, 15) is 14.0 Å². The molecule has 0 bridgehead atoms. The van der Waals surface area contributed by atoms with Crippen LogP contribution in [-0.2, 0) is 16.1 Å². The van der Waals surface area contributed by atoms with Crippen LogP contribution < -0.4 is 5.56 Å². The first kappa shape index (κ1) is 24.8. The number of esters is 1. The molecular formula is C27H29FN6O3. The van der Waals surface area contributed by atoms with Gasteiger partial charge in [-0.25, -0.2) is 9.07 Å². The Kier molecular flexibility index (Phi) is 7.09. The van der Waals surface area contributed by atoms with Crippen LogP contribution in [-0.4, -0.2) is 55.8 Å². The first-order chi connectivity index (χ1) is 17.9. The van der Waals surface area contributed by atoms with E-state index in [0.29, 0.717) is 50.5 Å². The van der Waals surface area contributed by atoms with Crippen LogP contribution in [0.15, 0.2) is 53.3 Å². The van der Waals surface area contributed by atoms with Crippen molar-refractivity contribution in [1.82, 2.24) is 30.1 Å². The van der Waals surface area contributed by atoms with Crippen LogP contribution in [0.25, 0.3) is 10.9 Å². The molecule has 2 aromatic heterocycles. The van der Waals surface area contributed by atoms with Gasteiger partial charge in [0.1, 0.15) is 11.9 Å². The number of aryl methyl sites for hydroxylation is 1. The van der Waals surface area contributed by atoms with Crippen molar-refractivity contribution in [2.24, 2.45) is 5.92 Å². The highest BCUT2D eigenvalue weighted by atomic mass is 19.1. The SMILES string of the molecule is CCOC(=O)C1CCN([C@H](c2cc3cccc(C)c3[nH]c2=O)c2nnnn2Cc2ccc(F)cc2)CC1. The molecule has 37 heavy (non-hydrogen) atoms. The van der Waals surface area contributed by atoms with Crippen LogP contribution in [0.5, 0.6) is 0 Å². The van der Waals surface area contributed by atoms with Gasteiger partial charge >= 0.3 is 5.97 Å². The highest BCUT2D eigenvalue weighted by molar-refractivity contribution is 5.82. The molecule has 0 radical (unpaired) electrons. The van der Waals surface area contributed by atoms with E-state index in [1.807, 2.05) is 31.2 Å². The van der Waals surface area contributed by atoms with Gasteiger partial charge in [0.05, 0.1) is 24.6 Å². The first-order valence-corrected chi connectivity index (χ1v) is 12.5. The summed E-state index contributed by atoms with van der Waals surface area (Å²) in [5.74, 6) is -0.166. The molecule has 5 rings (SSSR count). The third kappa shape index (κ3) is 5.15. The summed E-state index contributed by atoms with van der Waals surface area (Å²) in [5.41, 5.74) is 2.92. The lowest BCUT2D eigenvalue weighted by Crippen LogP contribution is -2.42. The van der Waals surface area contributed by atoms with Gasteiger partial charge in [0.2, 0.25) is 0 Å². The molecule has 2 aromatic carbocycles. The van der Waals surface area contributed by atoms with E-state index in [-0.39, 0.29) is 23.3 Å². The van der Waals surface area contributed by atoms with Gasteiger partial charge in [-0.05, 0) is 71.8 Å². The predicted octanol–water partition coefficient (Wildman–Crippen LogP) is 3.37. The first-order valence-electron chi connectivity index (χ1n) is 12.5. The van der Waals surface area contributed by atoms with Crippen molar-refractivity contribution in [1.29, 1.82) is 0 Å². The fourth-order valence-electron chi connectivity index (χ4n) is 5.04. The van der Waals surface area contributed by atoms with Crippen molar-refractivity contribution in [2.45, 2.75) is 39.3 Å². The molecule has 1 saturated heterocycles. The Hall–Kier alpha value is -3.92. The molecule has 192 valence electrons. The van der Waals surface area contributed by atoms with Crippen molar-refractivity contribution in [3.8, 4) is 0 Å². The summed E-state index contributed by atoms with van der Waals surface area (Å²) in [6, 6.07) is 13.4. The van der Waals surface area contributed by atoms with Crippen molar-refractivity contribution < 1.29 is 13.9 Å². The molecule has 4 aromatic rings. The molecular weight excluding hydrogens is 475 g/mol. The third-order valence-electron chi connectivity index (χ3n) is 6.98. The van der Waals surface area contributed by atoms with Gasteiger partial charge in [0, 0.05) is 18.7 Å². The lowest BCUT2D eigenvalue weighted by Gasteiger charge is -2.36. The Morgan fingerprint density at radius 3 is 2.68 bits per heavy atom. The van der Waals surface area contributed by atoms with Gasteiger partial charge < -0.3 is 9.72 Å². The van der Waals surface area contributed by atoms with Crippen LogP contribution in [0.1, 0.15) is 48.3 Å². The number of piperidine rings is 1. The Morgan fingerprint density at radius 2 is 1.95 bits per heavy atom. The second kappa shape index (κ2) is 10.6. The van der Waals surface area contributed by atoms with Gasteiger partial charge in [-0.2, -0.15) is 0 Å². The number of benzene rings is 2. The number of carbonyl (C=O) groups is 1. The fourth-order valence-corrected chi connectivity index (χ4v) is 5.04. The number of carbonyl (C=O) groups excluding carboxylic acids is 1. The summed E-state index contributed by atoms with van der Waals surface area (Å²) in [6.45, 7) is 5.58. The molecule has 9 nitrogen and oxygen atoms in total. The smallest absolute Gasteiger partial charge is 0.309 e. The maximum Gasteiger partial charge on any atom is 0.309 e. The zero-order chi connectivity index (χ0) is 25.9. The lowest BCUT2D eigenvalue weighted by molar-refractivity contribution is -0.149. The number of halogens is 1. The number of likely N-dealkylation sites (tertiary alicyclic amines) is 1. The minimum absolute atomic E-state index is 0.176. The number of pyridine rings is 1. The van der Waals surface area contributed by atoms with Gasteiger partial charge in [-0.1, -0.05) is 30.3 Å². The molecule has 1 aliphatic heterocycles. The number of rotatable bonds is 7. The van der Waals surface area contributed by atoms with E-state index in [2.05, 4.69) is 25.4 Å². The maximum absolute atomic E-state index is 13.5. The number of ether oxygens (including phenoxy) is 1. The highest BCUT2D eigenvalue weighted by Crippen LogP contribution is 2.31. The topological polar surface area (TPSA) is 106 Å². The minimum Gasteiger partial charge on any atom is -0.466 e. The van der Waals surface area contributed by atoms with Crippen molar-refractivity contribution in [3.63, 3.8) is 0 Å². The summed E-state index contributed by atoms with van der Waals surface area (Å²) in [4.78, 5) is 31.0. The van der Waals surface area contributed by atoms with Crippen LogP contribution in [0.3, 0.4) is 0 Å². The van der Waals surface area contributed by atoms with Crippen LogP contribution in [0, 0.1) is 18.7 Å². The summed E-state index contributed by atoms with van der Waals surface area (Å²) in [6.07, 6.45) is 1.22. The molecule has 10 heteroatoms. The number of hydrogen-bond acceptors (Lipinski definition) is 7. The van der Waals surface area contributed by atoms with Crippen LogP contribution in [0.2, 0.25) is 0 Å². The molecule has 1 aliphatic rings. The Labute approximate surface area is 213 Å². The number of hydrogen-bond donors (Lipinski definition) is 1. The number of fused-ring (bicyclic) bond motifs is 1. The number of nitrogens with zero attached hydrogens (tertiary/aromatic N) is 5. The third-order valence-corrected chi connectivity index (χ3v) is 6.98. The largest absolute Gasteiger partial charge is 0.466 e. The minimum atomic E-state index is -0.535. The second-order valence-corrected chi connectivity index (χ2v) is 9.38. The van der Waals surface area contributed by atoms with E-state index >= 15 is 0 Å². The Balaban J connectivity index is 1.54. The van der Waals surface area contributed by atoms with Crippen molar-refractivity contribution in [2.75, 3.05) is 19.7 Å². The average molecular weight is 505 g/mol. The second-order valence-electron chi connectivity index (χ2n) is 9.38. The molecule has 1 fully saturated rings. The zero-order valence-electron chi connectivity index (χ0n) is 20.9. The summed E-state index contributed by atoms with van der Waals surface area (Å²) < 4.78 is 20.3. The highest BCUT2D eigenvalue weighted by Gasteiger charge is 2.35. The fraction of sp³-hybridized carbons (Fsp3) is 0.370. The van der Waals surface area contributed by atoms with Gasteiger partial charge in [0.25, 0.3) is 5.56 Å². The predicted molar refractivity (Wildman–Crippen MR) is 135 cm³/mol. The lowest BCUT2D eigenvalue weighted by atomic mass is 9.93. The zero-order valence-corrected chi connectivity index (χ0v) is 20.9. The number of nitrogens with one attached hydrogen (secondary N) is 1. The summed E-state index contributed by atoms with van der Waals surface area (Å²) >= 11 is 0. The number of para-hydroxylation sites is 1. The molecule has 0 aliphatic carbocycles. The summed E-state index contributed by atoms with van der Waals surface area (Å²) in [5, 5.41) is 13.4. The van der Waals surface area contributed by atoms with E-state index in [1.165, 1.54) is 12.1 Å². The number of aromatic amines is 1. The normalized spacial score (nSPS) is 15.6. The number of aromatic nitrogens is 5. The average Bonchev–Trinajstić information content (AvgIpc) is 3.34. The molecule has 0 spiro atoms. The number of H-pyrrole nitrogens is 1. The molecule has 1 N–H and O–H groups in total. The van der Waals surface area contributed by atoms with E-state index in [4.69, 9.17) is 4.74 Å². The molecule has 0 amide bonds. The number of tetrazole rings is 1. The molecule has 3 heterocycles. The Bertz CT molecular complexity index is 1460. The Morgan fingerprint density at radius 1 is 1.19 bits per heavy atom. The van der Waals surface area contributed by atoms with Gasteiger partial charge in [-0.3, -0.25) is 14.5 Å². The van der Waals surface area contributed by atoms with Gasteiger partial charge in [-0.15, -0.1) is 5.10 Å². The quantitative estimate of drug-likeness (QED) is 0.385. The van der Waals surface area contributed by atoms with E-state index in [0.717, 1.165) is 22.0 Å². The molecule has 1 atom stereocenters. The van der Waals surface area contributed by atoms with E-state index < -0.39 is 6.04 Å².